The number of hydrogen-bond acceptors (Lipinski definition) is 5. The number of nitrogens with one attached hydrogen (secondary N) is 2. The normalized spacial score (nSPS) is 10.8. The molecule has 0 aliphatic rings. The molecular weight excluding hydrogens is 384 g/mol. The lowest BCUT2D eigenvalue weighted by molar-refractivity contribution is 0.415. The van der Waals surface area contributed by atoms with Gasteiger partial charge in [0.15, 0.2) is 5.11 Å². The average molecular weight is 401 g/mol. The molecule has 0 fully saturated rings. The van der Waals surface area contributed by atoms with Gasteiger partial charge in [-0.15, -0.1) is 0 Å². The summed E-state index contributed by atoms with van der Waals surface area (Å²) in [7, 11) is 3.21. The predicted octanol–water partition coefficient (Wildman–Crippen LogP) is 4.23. The van der Waals surface area contributed by atoms with Crippen LogP contribution in [0.15, 0.2) is 53.6 Å². The van der Waals surface area contributed by atoms with E-state index in [1.807, 2.05) is 48.5 Å². The van der Waals surface area contributed by atoms with Crippen molar-refractivity contribution in [3.05, 3.63) is 59.2 Å². The van der Waals surface area contributed by atoms with Crippen molar-refractivity contribution in [2.75, 3.05) is 19.5 Å². The minimum Gasteiger partial charge on any atom is -0.497 e. The second kappa shape index (κ2) is 8.66. The van der Waals surface area contributed by atoms with E-state index in [-0.39, 0.29) is 0 Å². The van der Waals surface area contributed by atoms with Crippen molar-refractivity contribution in [2.24, 2.45) is 5.10 Å². The Morgan fingerprint density at radius 3 is 2.74 bits per heavy atom. The van der Waals surface area contributed by atoms with Crippen LogP contribution in [-0.4, -0.2) is 30.5 Å². The molecule has 1 aromatic heterocycles. The number of rotatable bonds is 5. The molecule has 0 saturated carbocycles. The van der Waals surface area contributed by atoms with E-state index in [2.05, 4.69) is 20.8 Å². The number of hydrazone groups is 1. The highest BCUT2D eigenvalue weighted by molar-refractivity contribution is 7.80. The summed E-state index contributed by atoms with van der Waals surface area (Å²) < 4.78 is 10.5. The molecule has 27 heavy (non-hydrogen) atoms. The van der Waals surface area contributed by atoms with Gasteiger partial charge in [0.2, 0.25) is 0 Å². The van der Waals surface area contributed by atoms with Gasteiger partial charge < -0.3 is 14.8 Å². The van der Waals surface area contributed by atoms with E-state index in [1.165, 1.54) is 0 Å². The van der Waals surface area contributed by atoms with Crippen molar-refractivity contribution >= 4 is 51.7 Å². The maximum Gasteiger partial charge on any atom is 0.191 e. The number of nitrogens with zero attached hydrogens (tertiary/aromatic N) is 2. The highest BCUT2D eigenvalue weighted by Crippen LogP contribution is 2.24. The molecule has 1 heterocycles. The first-order valence-corrected chi connectivity index (χ1v) is 8.76. The molecule has 0 atom stereocenters. The molecule has 0 amide bonds. The topological polar surface area (TPSA) is 67.8 Å². The molecule has 8 heteroatoms. The summed E-state index contributed by atoms with van der Waals surface area (Å²) in [6.45, 7) is 0. The van der Waals surface area contributed by atoms with Crippen molar-refractivity contribution in [2.45, 2.75) is 0 Å². The van der Waals surface area contributed by atoms with E-state index in [9.17, 15) is 0 Å². The summed E-state index contributed by atoms with van der Waals surface area (Å²) in [5, 5.41) is 8.72. The SMILES string of the molecule is COc1ccc2nc(Cl)c(/C=N\NC(=S)Nc3ccccc3OC)cc2c1. The zero-order chi connectivity index (χ0) is 19.2. The number of aromatic nitrogens is 1. The number of pyridine rings is 1. The number of halogens is 1. The maximum atomic E-state index is 6.24. The summed E-state index contributed by atoms with van der Waals surface area (Å²) in [6, 6.07) is 14.9. The minimum atomic E-state index is 0.322. The first kappa shape index (κ1) is 18.9. The van der Waals surface area contributed by atoms with Crippen LogP contribution in [0.4, 0.5) is 5.69 Å². The minimum absolute atomic E-state index is 0.322. The summed E-state index contributed by atoms with van der Waals surface area (Å²) in [6.07, 6.45) is 1.56. The molecule has 0 bridgehead atoms. The second-order valence-electron chi connectivity index (χ2n) is 5.45. The van der Waals surface area contributed by atoms with Crippen LogP contribution in [0.1, 0.15) is 5.56 Å². The van der Waals surface area contributed by atoms with E-state index in [0.717, 1.165) is 22.3 Å². The summed E-state index contributed by atoms with van der Waals surface area (Å²) in [5.74, 6) is 1.43. The standard InChI is InChI=1S/C19H17ClN4O2S/c1-25-14-7-8-15-12(10-14)9-13(18(20)22-15)11-21-24-19(27)23-16-5-3-4-6-17(16)26-2/h3-11H,1-2H3,(H2,23,24,27)/b21-11-. The number of para-hydroxylation sites is 2. The molecule has 0 saturated heterocycles. The smallest absolute Gasteiger partial charge is 0.191 e. The fraction of sp³-hybridized carbons (Fsp3) is 0.105. The molecule has 0 radical (unpaired) electrons. The molecule has 0 aliphatic heterocycles. The molecular formula is C19H17ClN4O2S. The number of fused-ring (bicyclic) bond motifs is 1. The monoisotopic (exact) mass is 400 g/mol. The highest BCUT2D eigenvalue weighted by Gasteiger charge is 2.05. The third kappa shape index (κ3) is 4.64. The Balaban J connectivity index is 1.71. The molecule has 0 aliphatic carbocycles. The molecule has 0 unspecified atom stereocenters. The predicted molar refractivity (Wildman–Crippen MR) is 113 cm³/mol. The van der Waals surface area contributed by atoms with Crippen molar-refractivity contribution in [3.8, 4) is 11.5 Å². The number of benzene rings is 2. The van der Waals surface area contributed by atoms with E-state index in [4.69, 9.17) is 33.3 Å². The lowest BCUT2D eigenvalue weighted by atomic mass is 10.1. The number of ether oxygens (including phenoxy) is 2. The van der Waals surface area contributed by atoms with Crippen LogP contribution < -0.4 is 20.2 Å². The largest absolute Gasteiger partial charge is 0.497 e. The average Bonchev–Trinajstić information content (AvgIpc) is 2.68. The zero-order valence-corrected chi connectivity index (χ0v) is 16.3. The number of methoxy groups -OCH3 is 2. The van der Waals surface area contributed by atoms with Crippen LogP contribution in [0, 0.1) is 0 Å². The van der Waals surface area contributed by atoms with Gasteiger partial charge in [0.25, 0.3) is 0 Å². The molecule has 2 aromatic carbocycles. The van der Waals surface area contributed by atoms with E-state index < -0.39 is 0 Å². The zero-order valence-electron chi connectivity index (χ0n) is 14.7. The van der Waals surface area contributed by atoms with Gasteiger partial charge >= 0.3 is 0 Å². The van der Waals surface area contributed by atoms with Gasteiger partial charge in [-0.2, -0.15) is 5.10 Å². The van der Waals surface area contributed by atoms with E-state index in [1.54, 1.807) is 20.4 Å². The third-order valence-corrected chi connectivity index (χ3v) is 4.22. The molecule has 138 valence electrons. The van der Waals surface area contributed by atoms with Crippen molar-refractivity contribution < 1.29 is 9.47 Å². The second-order valence-corrected chi connectivity index (χ2v) is 6.22. The first-order valence-electron chi connectivity index (χ1n) is 7.98. The molecule has 3 rings (SSSR count). The Kier molecular flexibility index (Phi) is 6.05. The summed E-state index contributed by atoms with van der Waals surface area (Å²) in [4.78, 5) is 4.37. The van der Waals surface area contributed by atoms with Gasteiger partial charge in [0.1, 0.15) is 16.7 Å². The Morgan fingerprint density at radius 2 is 1.96 bits per heavy atom. The lowest BCUT2D eigenvalue weighted by Crippen LogP contribution is -2.24. The van der Waals surface area contributed by atoms with Crippen LogP contribution in [0.5, 0.6) is 11.5 Å². The quantitative estimate of drug-likeness (QED) is 0.289. The van der Waals surface area contributed by atoms with Crippen LogP contribution in [0.25, 0.3) is 10.9 Å². The van der Waals surface area contributed by atoms with Crippen molar-refractivity contribution in [3.63, 3.8) is 0 Å². The lowest BCUT2D eigenvalue weighted by Gasteiger charge is -2.10. The van der Waals surface area contributed by atoms with Gasteiger partial charge in [-0.1, -0.05) is 23.7 Å². The fourth-order valence-corrected chi connectivity index (χ4v) is 2.78. The maximum absolute atomic E-state index is 6.24. The van der Waals surface area contributed by atoms with Crippen LogP contribution in [0.3, 0.4) is 0 Å². The van der Waals surface area contributed by atoms with Crippen LogP contribution in [0.2, 0.25) is 5.15 Å². The van der Waals surface area contributed by atoms with Crippen LogP contribution in [-0.2, 0) is 0 Å². The molecule has 0 spiro atoms. The van der Waals surface area contributed by atoms with E-state index in [0.29, 0.717) is 21.6 Å². The Labute approximate surface area is 167 Å². The van der Waals surface area contributed by atoms with Gasteiger partial charge in [0, 0.05) is 10.9 Å². The molecule has 3 aromatic rings. The van der Waals surface area contributed by atoms with Gasteiger partial charge in [-0.05, 0) is 48.6 Å². The highest BCUT2D eigenvalue weighted by atomic mass is 35.5. The van der Waals surface area contributed by atoms with Gasteiger partial charge in [0.05, 0.1) is 31.6 Å². The summed E-state index contributed by atoms with van der Waals surface area (Å²) in [5.41, 5.74) is 4.93. The molecule has 2 N–H and O–H groups in total. The number of thiocarbonyl (C=S) groups is 1. The summed E-state index contributed by atoms with van der Waals surface area (Å²) >= 11 is 11.5. The molecule has 6 nitrogen and oxygen atoms in total. The number of hydrogen-bond donors (Lipinski definition) is 2. The van der Waals surface area contributed by atoms with Crippen molar-refractivity contribution in [1.29, 1.82) is 0 Å². The first-order chi connectivity index (χ1) is 13.1. The Morgan fingerprint density at radius 1 is 1.15 bits per heavy atom. The van der Waals surface area contributed by atoms with E-state index >= 15 is 0 Å². The third-order valence-electron chi connectivity index (χ3n) is 3.73. The van der Waals surface area contributed by atoms with Gasteiger partial charge in [-0.3, -0.25) is 5.43 Å². The van der Waals surface area contributed by atoms with Crippen molar-refractivity contribution in [1.82, 2.24) is 10.4 Å². The Bertz CT molecular complexity index is 1010. The fourth-order valence-electron chi connectivity index (χ4n) is 2.42. The van der Waals surface area contributed by atoms with Gasteiger partial charge in [-0.25, -0.2) is 4.98 Å². The Hall–Kier alpha value is -2.90. The number of anilines is 1. The van der Waals surface area contributed by atoms with Crippen LogP contribution >= 0.6 is 23.8 Å².